The Morgan fingerprint density at radius 3 is 2.63 bits per heavy atom. The van der Waals surface area contributed by atoms with E-state index in [1.807, 2.05) is 30.3 Å². The van der Waals surface area contributed by atoms with Crippen LogP contribution in [0.15, 0.2) is 48.8 Å². The van der Waals surface area contributed by atoms with Crippen molar-refractivity contribution in [1.82, 2.24) is 24.5 Å². The van der Waals surface area contributed by atoms with Crippen LogP contribution >= 0.6 is 22.6 Å². The van der Waals surface area contributed by atoms with Gasteiger partial charge >= 0.3 is 5.69 Å². The van der Waals surface area contributed by atoms with Crippen LogP contribution in [0.4, 0.5) is 10.1 Å². The van der Waals surface area contributed by atoms with Crippen LogP contribution in [0.25, 0.3) is 22.3 Å². The average Bonchev–Trinajstić information content (AvgIpc) is 3.23. The molecule has 0 aliphatic carbocycles. The van der Waals surface area contributed by atoms with E-state index in [1.54, 1.807) is 16.9 Å². The summed E-state index contributed by atoms with van der Waals surface area (Å²) < 4.78 is 18.0. The highest BCUT2D eigenvalue weighted by Gasteiger charge is 2.25. The van der Waals surface area contributed by atoms with Gasteiger partial charge in [-0.1, -0.05) is 30.3 Å². The SMILES string of the molecule is CC(C)(F)Cn1nc(I)c2cnc(-c3nn(Cc4ccccc4)cc3[N+](=O)[O-])cc21. The molecule has 1 aromatic carbocycles. The quantitative estimate of drug-likeness (QED) is 0.211. The summed E-state index contributed by atoms with van der Waals surface area (Å²) in [6.45, 7) is 3.41. The molecule has 154 valence electrons. The summed E-state index contributed by atoms with van der Waals surface area (Å²) in [4.78, 5) is 15.5. The van der Waals surface area contributed by atoms with E-state index in [0.29, 0.717) is 21.5 Å². The van der Waals surface area contributed by atoms with Crippen molar-refractivity contribution in [3.05, 3.63) is 68.2 Å². The average molecular weight is 520 g/mol. The van der Waals surface area contributed by atoms with Crippen molar-refractivity contribution < 1.29 is 9.31 Å². The number of hydrogen-bond donors (Lipinski definition) is 0. The summed E-state index contributed by atoms with van der Waals surface area (Å²) in [5.41, 5.74) is 0.540. The van der Waals surface area contributed by atoms with E-state index < -0.39 is 10.6 Å². The van der Waals surface area contributed by atoms with Crippen LogP contribution in [0.3, 0.4) is 0 Å². The van der Waals surface area contributed by atoms with E-state index in [4.69, 9.17) is 0 Å². The Balaban J connectivity index is 1.79. The number of benzene rings is 1. The van der Waals surface area contributed by atoms with E-state index in [2.05, 4.69) is 37.8 Å². The smallest absolute Gasteiger partial charge is 0.260 e. The third-order valence-electron chi connectivity index (χ3n) is 4.49. The van der Waals surface area contributed by atoms with Gasteiger partial charge in [-0.3, -0.25) is 24.5 Å². The maximum atomic E-state index is 14.2. The first kappa shape index (κ1) is 20.4. The van der Waals surface area contributed by atoms with Crippen molar-refractivity contribution in [2.45, 2.75) is 32.6 Å². The maximum absolute atomic E-state index is 14.2. The van der Waals surface area contributed by atoms with E-state index in [0.717, 1.165) is 10.9 Å². The van der Waals surface area contributed by atoms with E-state index in [1.165, 1.54) is 24.7 Å². The molecule has 10 heteroatoms. The van der Waals surface area contributed by atoms with Gasteiger partial charge in [0.1, 0.15) is 15.6 Å². The molecule has 0 bridgehead atoms. The molecule has 0 aliphatic heterocycles. The summed E-state index contributed by atoms with van der Waals surface area (Å²) >= 11 is 2.07. The van der Waals surface area contributed by atoms with Crippen molar-refractivity contribution in [2.24, 2.45) is 0 Å². The van der Waals surface area contributed by atoms with Gasteiger partial charge in [-0.05, 0) is 48.1 Å². The maximum Gasteiger partial charge on any atom is 0.316 e. The van der Waals surface area contributed by atoms with Gasteiger partial charge in [0.05, 0.1) is 34.6 Å². The molecule has 0 amide bonds. The number of pyridine rings is 1. The minimum atomic E-state index is -1.46. The van der Waals surface area contributed by atoms with Crippen molar-refractivity contribution in [3.63, 3.8) is 0 Å². The summed E-state index contributed by atoms with van der Waals surface area (Å²) in [5, 5.41) is 21.2. The Morgan fingerprint density at radius 2 is 1.97 bits per heavy atom. The Kier molecular flexibility index (Phi) is 5.26. The predicted octanol–water partition coefficient (Wildman–Crippen LogP) is 4.60. The van der Waals surface area contributed by atoms with Crippen LogP contribution < -0.4 is 0 Å². The number of fused-ring (bicyclic) bond motifs is 1. The highest BCUT2D eigenvalue weighted by Crippen LogP contribution is 2.31. The first-order valence-electron chi connectivity index (χ1n) is 9.18. The zero-order valence-electron chi connectivity index (χ0n) is 16.3. The van der Waals surface area contributed by atoms with Crippen molar-refractivity contribution in [3.8, 4) is 11.4 Å². The van der Waals surface area contributed by atoms with Gasteiger partial charge in [0, 0.05) is 6.20 Å². The normalized spacial score (nSPS) is 11.9. The molecule has 0 atom stereocenters. The first-order chi connectivity index (χ1) is 14.2. The molecule has 3 heterocycles. The van der Waals surface area contributed by atoms with Crippen LogP contribution in [0.5, 0.6) is 0 Å². The fourth-order valence-corrected chi connectivity index (χ4v) is 3.89. The van der Waals surface area contributed by atoms with Crippen LogP contribution in [0.1, 0.15) is 19.4 Å². The second-order valence-electron chi connectivity index (χ2n) is 7.56. The molecule has 0 spiro atoms. The minimum Gasteiger partial charge on any atom is -0.260 e. The van der Waals surface area contributed by atoms with Crippen LogP contribution in [0, 0.1) is 13.8 Å². The molecule has 0 saturated carbocycles. The van der Waals surface area contributed by atoms with E-state index in [-0.39, 0.29) is 17.9 Å². The second-order valence-corrected chi connectivity index (χ2v) is 8.58. The number of nitro groups is 1. The minimum absolute atomic E-state index is 0.0560. The number of hydrogen-bond acceptors (Lipinski definition) is 5. The summed E-state index contributed by atoms with van der Waals surface area (Å²) in [5.74, 6) is 0. The molecule has 4 rings (SSSR count). The van der Waals surface area contributed by atoms with Crippen molar-refractivity contribution in [2.75, 3.05) is 0 Å². The largest absolute Gasteiger partial charge is 0.316 e. The molecule has 0 unspecified atom stereocenters. The fourth-order valence-electron chi connectivity index (χ4n) is 3.22. The molecule has 0 fully saturated rings. The topological polar surface area (TPSA) is 91.7 Å². The number of alkyl halides is 1. The lowest BCUT2D eigenvalue weighted by Gasteiger charge is -2.14. The van der Waals surface area contributed by atoms with E-state index in [9.17, 15) is 14.5 Å². The van der Waals surface area contributed by atoms with Crippen molar-refractivity contribution >= 4 is 39.2 Å². The van der Waals surface area contributed by atoms with Gasteiger partial charge in [0.2, 0.25) is 0 Å². The second kappa shape index (κ2) is 7.74. The number of rotatable bonds is 6. The van der Waals surface area contributed by atoms with Gasteiger partial charge in [0.15, 0.2) is 5.69 Å². The van der Waals surface area contributed by atoms with Crippen LogP contribution in [-0.2, 0) is 13.1 Å². The molecule has 4 aromatic rings. The Labute approximate surface area is 185 Å². The van der Waals surface area contributed by atoms with Crippen molar-refractivity contribution in [1.29, 1.82) is 0 Å². The summed E-state index contributed by atoms with van der Waals surface area (Å²) in [6, 6.07) is 11.2. The Hall–Kier alpha value is -2.89. The number of halogens is 2. The number of aromatic nitrogens is 5. The third-order valence-corrected chi connectivity index (χ3v) is 5.28. The molecule has 0 saturated heterocycles. The van der Waals surface area contributed by atoms with Gasteiger partial charge in [-0.15, -0.1) is 0 Å². The molecule has 0 radical (unpaired) electrons. The lowest BCUT2D eigenvalue weighted by molar-refractivity contribution is -0.384. The van der Waals surface area contributed by atoms with Gasteiger partial charge in [0.25, 0.3) is 0 Å². The lowest BCUT2D eigenvalue weighted by Crippen LogP contribution is -2.21. The highest BCUT2D eigenvalue weighted by atomic mass is 127. The van der Waals surface area contributed by atoms with Gasteiger partial charge < -0.3 is 0 Å². The molecule has 30 heavy (non-hydrogen) atoms. The monoisotopic (exact) mass is 520 g/mol. The fraction of sp³-hybridized carbons (Fsp3) is 0.250. The summed E-state index contributed by atoms with van der Waals surface area (Å²) in [7, 11) is 0. The van der Waals surface area contributed by atoms with Gasteiger partial charge in [-0.2, -0.15) is 10.2 Å². The molecular formula is C20H18FIN6O2. The third kappa shape index (κ3) is 4.18. The lowest BCUT2D eigenvalue weighted by atomic mass is 10.1. The molecule has 0 aliphatic rings. The highest BCUT2D eigenvalue weighted by molar-refractivity contribution is 14.1. The predicted molar refractivity (Wildman–Crippen MR) is 119 cm³/mol. The molecule has 8 nitrogen and oxygen atoms in total. The summed E-state index contributed by atoms with van der Waals surface area (Å²) in [6.07, 6.45) is 3.00. The van der Waals surface area contributed by atoms with E-state index >= 15 is 0 Å². The van der Waals surface area contributed by atoms with Gasteiger partial charge in [-0.25, -0.2) is 4.39 Å². The molecular weight excluding hydrogens is 502 g/mol. The number of nitrogens with zero attached hydrogens (tertiary/aromatic N) is 6. The Morgan fingerprint density at radius 1 is 1.23 bits per heavy atom. The zero-order chi connectivity index (χ0) is 21.5. The zero-order valence-corrected chi connectivity index (χ0v) is 18.4. The molecule has 0 N–H and O–H groups in total. The standard InChI is InChI=1S/C20H18FIN6O2/c1-20(2,21)12-27-16-8-15(23-9-14(16)19(22)25-27)18-17(28(29)30)11-26(24-18)10-13-6-4-3-5-7-13/h3-9,11H,10,12H2,1-2H3. The molecule has 3 aromatic heterocycles. The van der Waals surface area contributed by atoms with Crippen LogP contribution in [0.2, 0.25) is 0 Å². The Bertz CT molecular complexity index is 1230. The first-order valence-corrected chi connectivity index (χ1v) is 10.3. The van der Waals surface area contributed by atoms with Crippen LogP contribution in [-0.4, -0.2) is 35.1 Å².